The van der Waals surface area contributed by atoms with Crippen LogP contribution in [0.5, 0.6) is 0 Å². The van der Waals surface area contributed by atoms with Crippen molar-refractivity contribution in [2.45, 2.75) is 10.8 Å². The largest absolute Gasteiger partial charge is 0.488 e. The van der Waals surface area contributed by atoms with Crippen molar-refractivity contribution in [1.29, 1.82) is 0 Å². The van der Waals surface area contributed by atoms with Crippen LogP contribution in [0, 0.1) is 11.6 Å². The molecule has 0 saturated carbocycles. The fraction of sp³-hybridized carbons (Fsp3) is 0.120. The summed E-state index contributed by atoms with van der Waals surface area (Å²) in [5.74, 6) is -0.811. The molecule has 0 aromatic heterocycles. The molecule has 65 heavy (non-hydrogen) atoms. The van der Waals surface area contributed by atoms with Gasteiger partial charge in [0.15, 0.2) is 0 Å². The van der Waals surface area contributed by atoms with E-state index in [9.17, 15) is 18.4 Å². The normalized spacial score (nSPS) is 15.7. The third-order valence-corrected chi connectivity index (χ3v) is 14.1. The molecule has 4 N–H and O–H groups in total. The Labute approximate surface area is 384 Å². The molecule has 10 nitrogen and oxygen atoms in total. The topological polar surface area (TPSA) is 136 Å². The van der Waals surface area contributed by atoms with Gasteiger partial charge in [0.2, 0.25) is 11.8 Å². The number of rotatable bonds is 5. The first-order valence-corrected chi connectivity index (χ1v) is 22.6. The van der Waals surface area contributed by atoms with E-state index in [2.05, 4.69) is 118 Å². The van der Waals surface area contributed by atoms with Crippen LogP contribution in [-0.2, 0) is 40.0 Å². The first-order chi connectivity index (χ1) is 31.6. The van der Waals surface area contributed by atoms with Crippen molar-refractivity contribution in [3.8, 4) is 11.1 Å². The minimum Gasteiger partial charge on any atom is -0.423 e. The van der Waals surface area contributed by atoms with Crippen molar-refractivity contribution in [3.63, 3.8) is 0 Å². The van der Waals surface area contributed by atoms with Crippen LogP contribution in [0.15, 0.2) is 180 Å². The van der Waals surface area contributed by atoms with Crippen LogP contribution in [0.1, 0.15) is 11.1 Å². The molecular weight excluding hydrogens is 916 g/mol. The van der Waals surface area contributed by atoms with Crippen LogP contribution in [0.2, 0.25) is 0 Å². The lowest BCUT2D eigenvalue weighted by atomic mass is 9.80. The number of carbonyl (C=O) groups is 2. The Morgan fingerprint density at radius 2 is 0.892 bits per heavy atom. The molecule has 0 aliphatic carbocycles. The quantitative estimate of drug-likeness (QED) is 0.0810. The van der Waals surface area contributed by atoms with E-state index in [1.807, 2.05) is 36.4 Å². The number of fused-ring (bicyclic) bond motifs is 4. The average molecular weight is 958 g/mol. The first kappa shape index (κ1) is 45.6. The Morgan fingerprint density at radius 3 is 1.32 bits per heavy atom. The van der Waals surface area contributed by atoms with Crippen LogP contribution in [-0.4, -0.2) is 55.4 Å². The van der Waals surface area contributed by atoms with Crippen LogP contribution >= 0.6 is 23.9 Å². The Bertz CT molecular complexity index is 2640. The number of hydrogen-bond acceptors (Lipinski definition) is 8. The van der Waals surface area contributed by atoms with Crippen molar-refractivity contribution in [2.75, 3.05) is 37.1 Å². The molecule has 0 radical (unpaired) electrons. The Kier molecular flexibility index (Phi) is 14.4. The number of carbonyl (C=O) groups excluding carboxylic acids is 2. The first-order valence-electron chi connectivity index (χ1n) is 20.5. The van der Waals surface area contributed by atoms with Crippen molar-refractivity contribution >= 4 is 75.5 Å². The predicted octanol–water partition coefficient (Wildman–Crippen LogP) is 7.20. The van der Waals surface area contributed by atoms with Crippen LogP contribution in [0.25, 0.3) is 11.1 Å². The van der Waals surface area contributed by atoms with Gasteiger partial charge in [-0.3, -0.25) is 9.59 Å². The van der Waals surface area contributed by atoms with E-state index in [0.717, 1.165) is 38.1 Å². The fourth-order valence-electron chi connectivity index (χ4n) is 7.66. The lowest BCUT2D eigenvalue weighted by Gasteiger charge is -2.18. The highest BCUT2D eigenvalue weighted by molar-refractivity contribution is 9.10. The molecule has 0 unspecified atom stereocenters. The number of nitrogens with one attached hydrogen (secondary N) is 2. The van der Waals surface area contributed by atoms with Gasteiger partial charge in [0.05, 0.1) is 0 Å². The van der Waals surface area contributed by atoms with Crippen LogP contribution in [0.3, 0.4) is 0 Å². The van der Waals surface area contributed by atoms with Gasteiger partial charge in [0.25, 0.3) is 0 Å². The van der Waals surface area contributed by atoms with E-state index in [4.69, 9.17) is 29.6 Å². The molecule has 0 atom stereocenters. The summed E-state index contributed by atoms with van der Waals surface area (Å²) in [6.07, 6.45) is 0. The summed E-state index contributed by atoms with van der Waals surface area (Å²) in [6.45, 7) is 0.974. The molecule has 11 rings (SSSR count). The second-order valence-corrected chi connectivity index (χ2v) is 18.5. The highest BCUT2D eigenvalue weighted by Gasteiger charge is 2.52. The molecule has 7 aromatic carbocycles. The molecule has 4 aliphatic rings. The maximum atomic E-state index is 13.0. The van der Waals surface area contributed by atoms with E-state index in [-0.39, 0.29) is 49.9 Å². The van der Waals surface area contributed by atoms with Gasteiger partial charge in [-0.15, -0.1) is 0 Å². The maximum absolute atomic E-state index is 13.0. The van der Waals surface area contributed by atoms with Crippen molar-refractivity contribution in [1.82, 2.24) is 0 Å². The average Bonchev–Trinajstić information content (AvgIpc) is 4.14. The van der Waals surface area contributed by atoms with Gasteiger partial charge in [-0.05, 0) is 106 Å². The number of hydrogen-bond donors (Lipinski definition) is 4. The highest BCUT2D eigenvalue weighted by Crippen LogP contribution is 2.44. The van der Waals surface area contributed by atoms with E-state index >= 15 is 0 Å². The minimum absolute atomic E-state index is 0.0481. The molecule has 328 valence electrons. The number of anilines is 2. The van der Waals surface area contributed by atoms with Crippen molar-refractivity contribution < 1.29 is 48.0 Å². The number of amides is 2. The van der Waals surface area contributed by atoms with E-state index in [1.54, 1.807) is 12.1 Å². The molecule has 2 saturated heterocycles. The molecule has 4 aliphatic heterocycles. The van der Waals surface area contributed by atoms with Gasteiger partial charge in [0, 0.05) is 15.8 Å². The van der Waals surface area contributed by atoms with Gasteiger partial charge in [-0.2, -0.15) is 0 Å². The summed E-state index contributed by atoms with van der Waals surface area (Å²) < 4.78 is 26.2. The monoisotopic (exact) mass is 956 g/mol. The summed E-state index contributed by atoms with van der Waals surface area (Å²) in [7, 11) is -1.96. The third kappa shape index (κ3) is 10.2. The second-order valence-electron chi connectivity index (χ2n) is 15.3. The molecule has 2 amide bonds. The van der Waals surface area contributed by atoms with Crippen molar-refractivity contribution in [3.05, 3.63) is 203 Å². The predicted molar refractivity (Wildman–Crippen MR) is 252 cm³/mol. The SMILES string of the molecule is O=C1Nc2ccc(-c3ccc(F)cc3)cc2C12COOC2.O=C1Nc2ccc(Br)cc2C12COOC2.OB(O)c1ccc(F)cc1.c1ccc(P(c2ccccc2)c2ccccc2)cc1. The Balaban J connectivity index is 0.000000122. The lowest BCUT2D eigenvalue weighted by molar-refractivity contribution is -0.248. The zero-order valence-electron chi connectivity index (χ0n) is 34.6. The van der Waals surface area contributed by atoms with Gasteiger partial charge in [-0.25, -0.2) is 28.3 Å². The highest BCUT2D eigenvalue weighted by atomic mass is 79.9. The summed E-state index contributed by atoms with van der Waals surface area (Å²) in [4.78, 5) is 43.8. The molecule has 7 aromatic rings. The standard InChI is InChI=1S/C18H15P.C16H12FNO3.C10H8BrNO3.C6H6BFO2/c1-4-10-16(11-5-1)19(17-12-6-2-7-13-17)18-14-8-3-9-15-18;17-12-4-1-10(2-5-12)11-3-6-14-13(7-11)16(15(19)18-14)8-20-21-9-16;11-6-1-2-8-7(3-6)10(9(13)12-8)4-14-15-5-10;8-6-3-1-5(2-4-6)7(9)10/h1-15H;1-7H,8-9H2,(H,18,19);1-3H,4-5H2,(H,12,13);1-4,9-10H. The second kappa shape index (κ2) is 20.5. The summed E-state index contributed by atoms with van der Waals surface area (Å²) >= 11 is 3.39. The van der Waals surface area contributed by atoms with Gasteiger partial charge in [0.1, 0.15) is 48.9 Å². The van der Waals surface area contributed by atoms with Crippen molar-refractivity contribution in [2.24, 2.45) is 0 Å². The number of benzene rings is 7. The molecule has 4 heterocycles. The van der Waals surface area contributed by atoms with Gasteiger partial charge < -0.3 is 20.7 Å². The zero-order chi connectivity index (χ0) is 45.4. The molecule has 2 spiro atoms. The van der Waals surface area contributed by atoms with Gasteiger partial charge >= 0.3 is 7.12 Å². The lowest BCUT2D eigenvalue weighted by Crippen LogP contribution is -2.37. The number of halogens is 3. The van der Waals surface area contributed by atoms with Gasteiger partial charge in [-0.1, -0.05) is 137 Å². The Hall–Kier alpha value is -5.93. The minimum atomic E-state index is -1.51. The van der Waals surface area contributed by atoms with E-state index in [1.165, 1.54) is 52.3 Å². The third-order valence-electron chi connectivity index (χ3n) is 11.2. The van der Waals surface area contributed by atoms with E-state index in [0.29, 0.717) is 5.46 Å². The Morgan fingerprint density at radius 1 is 0.508 bits per heavy atom. The maximum Gasteiger partial charge on any atom is 0.488 e. The van der Waals surface area contributed by atoms with Crippen LogP contribution < -0.4 is 32.0 Å². The molecule has 15 heteroatoms. The molecule has 0 bridgehead atoms. The molecule has 2 fully saturated rings. The fourth-order valence-corrected chi connectivity index (χ4v) is 10.3. The van der Waals surface area contributed by atoms with E-state index < -0.39 is 25.9 Å². The summed E-state index contributed by atoms with van der Waals surface area (Å²) in [5.41, 5.74) is 4.12. The zero-order valence-corrected chi connectivity index (χ0v) is 37.1. The summed E-state index contributed by atoms with van der Waals surface area (Å²) in [5, 5.41) is 27.0. The smallest absolute Gasteiger partial charge is 0.423 e. The molecular formula is C50H41BBrF2N2O8P. The summed E-state index contributed by atoms with van der Waals surface area (Å²) in [6, 6.07) is 55.0. The van der Waals surface area contributed by atoms with Crippen LogP contribution in [0.4, 0.5) is 20.2 Å².